The second-order valence-electron chi connectivity index (χ2n) is 2.87. The van der Waals surface area contributed by atoms with Gasteiger partial charge in [0.05, 0.1) is 17.2 Å². The van der Waals surface area contributed by atoms with Crippen molar-refractivity contribution in [3.8, 4) is 17.2 Å². The molecular weight excluding hydrogens is 208 g/mol. The Morgan fingerprint density at radius 1 is 1.36 bits per heavy atom. The number of aliphatic hydroxyl groups excluding tert-OH is 1. The first-order valence-corrected chi connectivity index (χ1v) is 4.52. The smallest absolute Gasteiger partial charge is 0.170 e. The minimum atomic E-state index is -0.335. The van der Waals surface area contributed by atoms with Crippen LogP contribution in [0.1, 0.15) is 5.56 Å². The van der Waals surface area contributed by atoms with Gasteiger partial charge in [-0.1, -0.05) is 11.6 Å². The molecule has 4 nitrogen and oxygen atoms in total. The predicted molar refractivity (Wildman–Crippen MR) is 50.0 cm³/mol. The lowest BCUT2D eigenvalue weighted by molar-refractivity contribution is 0.163. The molecule has 1 aromatic rings. The molecule has 1 aliphatic rings. The highest BCUT2D eigenvalue weighted by Gasteiger charge is 2.21. The van der Waals surface area contributed by atoms with Crippen LogP contribution in [0, 0.1) is 0 Å². The van der Waals surface area contributed by atoms with Gasteiger partial charge in [0.1, 0.15) is 19.0 Å². The Labute approximate surface area is 85.6 Å². The average molecular weight is 217 g/mol. The van der Waals surface area contributed by atoms with Gasteiger partial charge in [0.25, 0.3) is 0 Å². The van der Waals surface area contributed by atoms with Crippen molar-refractivity contribution in [2.75, 3.05) is 13.2 Å². The minimum absolute atomic E-state index is 0.151. The highest BCUT2D eigenvalue weighted by atomic mass is 35.5. The Hall–Kier alpha value is -1.13. The first-order valence-electron chi connectivity index (χ1n) is 4.15. The number of hydrogen-bond donors (Lipinski definition) is 2. The Balaban J connectivity index is 2.60. The van der Waals surface area contributed by atoms with Crippen molar-refractivity contribution in [3.05, 3.63) is 16.7 Å². The zero-order valence-electron chi connectivity index (χ0n) is 7.29. The fourth-order valence-electron chi connectivity index (χ4n) is 1.36. The monoisotopic (exact) mass is 216 g/mol. The van der Waals surface area contributed by atoms with Gasteiger partial charge in [-0.2, -0.15) is 0 Å². The number of ether oxygens (including phenoxy) is 2. The molecule has 0 saturated heterocycles. The van der Waals surface area contributed by atoms with E-state index in [0.717, 1.165) is 0 Å². The lowest BCUT2D eigenvalue weighted by Crippen LogP contribution is -2.16. The standard InChI is InChI=1S/C9H9ClO4/c10-6-3-7-9(14-2-1-13-7)5(4-11)8(6)12/h3,11-12H,1-2,4H2. The summed E-state index contributed by atoms with van der Waals surface area (Å²) in [6, 6.07) is 1.48. The number of aliphatic hydroxyl groups is 1. The molecule has 76 valence electrons. The number of hydrogen-bond acceptors (Lipinski definition) is 4. The number of fused-ring (bicyclic) bond motifs is 1. The van der Waals surface area contributed by atoms with E-state index in [9.17, 15) is 5.11 Å². The zero-order chi connectivity index (χ0) is 10.1. The van der Waals surface area contributed by atoms with Crippen molar-refractivity contribution < 1.29 is 19.7 Å². The van der Waals surface area contributed by atoms with Crippen LogP contribution >= 0.6 is 11.6 Å². The van der Waals surface area contributed by atoms with E-state index in [-0.39, 0.29) is 22.9 Å². The molecule has 0 amide bonds. The van der Waals surface area contributed by atoms with Crippen LogP contribution in [0.4, 0.5) is 0 Å². The Morgan fingerprint density at radius 2 is 2.07 bits per heavy atom. The van der Waals surface area contributed by atoms with Gasteiger partial charge in [-0.05, 0) is 0 Å². The first kappa shape index (κ1) is 9.43. The second-order valence-corrected chi connectivity index (χ2v) is 3.28. The Kier molecular flexibility index (Phi) is 2.39. The van der Waals surface area contributed by atoms with Crippen LogP contribution in [0.15, 0.2) is 6.07 Å². The molecule has 0 atom stereocenters. The van der Waals surface area contributed by atoms with E-state index < -0.39 is 0 Å². The van der Waals surface area contributed by atoms with E-state index in [1.165, 1.54) is 6.07 Å². The molecule has 0 fully saturated rings. The Morgan fingerprint density at radius 3 is 2.79 bits per heavy atom. The third-order valence-corrected chi connectivity index (χ3v) is 2.30. The molecule has 1 aromatic carbocycles. The molecule has 2 N–H and O–H groups in total. The number of aromatic hydroxyl groups is 1. The number of rotatable bonds is 1. The van der Waals surface area contributed by atoms with Gasteiger partial charge < -0.3 is 19.7 Å². The maximum atomic E-state index is 9.53. The van der Waals surface area contributed by atoms with Crippen LogP contribution in [0.3, 0.4) is 0 Å². The summed E-state index contributed by atoms with van der Waals surface area (Å²) in [5.41, 5.74) is 0.271. The maximum Gasteiger partial charge on any atom is 0.170 e. The minimum Gasteiger partial charge on any atom is -0.506 e. The van der Waals surface area contributed by atoms with Crippen molar-refractivity contribution in [3.63, 3.8) is 0 Å². The van der Waals surface area contributed by atoms with E-state index in [1.807, 2.05) is 0 Å². The van der Waals surface area contributed by atoms with Crippen LogP contribution in [0.5, 0.6) is 17.2 Å². The summed E-state index contributed by atoms with van der Waals surface area (Å²) in [6.07, 6.45) is 0. The number of halogens is 1. The van der Waals surface area contributed by atoms with Gasteiger partial charge in [0, 0.05) is 6.07 Å². The molecule has 1 aliphatic heterocycles. The third-order valence-electron chi connectivity index (χ3n) is 2.01. The summed E-state index contributed by atoms with van der Waals surface area (Å²) in [7, 11) is 0. The van der Waals surface area contributed by atoms with E-state index in [1.54, 1.807) is 0 Å². The zero-order valence-corrected chi connectivity index (χ0v) is 8.04. The van der Waals surface area contributed by atoms with Gasteiger partial charge in [0.15, 0.2) is 11.5 Å². The van der Waals surface area contributed by atoms with Crippen molar-refractivity contribution >= 4 is 11.6 Å². The molecule has 0 saturated carbocycles. The van der Waals surface area contributed by atoms with E-state index in [2.05, 4.69) is 0 Å². The topological polar surface area (TPSA) is 58.9 Å². The molecule has 0 spiro atoms. The molecule has 0 unspecified atom stereocenters. The van der Waals surface area contributed by atoms with Crippen LogP contribution in [-0.2, 0) is 6.61 Å². The van der Waals surface area contributed by atoms with Crippen molar-refractivity contribution in [1.82, 2.24) is 0 Å². The van der Waals surface area contributed by atoms with Gasteiger partial charge in [-0.3, -0.25) is 0 Å². The predicted octanol–water partition coefficient (Wildman–Crippen LogP) is 1.31. The summed E-state index contributed by atoms with van der Waals surface area (Å²) >= 11 is 5.73. The van der Waals surface area contributed by atoms with Crippen LogP contribution in [0.2, 0.25) is 5.02 Å². The van der Waals surface area contributed by atoms with Crippen molar-refractivity contribution in [1.29, 1.82) is 0 Å². The van der Waals surface area contributed by atoms with E-state index in [4.69, 9.17) is 26.2 Å². The quantitative estimate of drug-likeness (QED) is 0.743. The third kappa shape index (κ3) is 1.36. The van der Waals surface area contributed by atoms with Crippen molar-refractivity contribution in [2.24, 2.45) is 0 Å². The highest BCUT2D eigenvalue weighted by Crippen LogP contribution is 2.43. The van der Waals surface area contributed by atoms with Crippen LogP contribution < -0.4 is 9.47 Å². The van der Waals surface area contributed by atoms with E-state index in [0.29, 0.717) is 24.7 Å². The van der Waals surface area contributed by atoms with Crippen molar-refractivity contribution in [2.45, 2.75) is 6.61 Å². The number of benzene rings is 1. The van der Waals surface area contributed by atoms with Gasteiger partial charge in [-0.25, -0.2) is 0 Å². The molecule has 0 radical (unpaired) electrons. The summed E-state index contributed by atoms with van der Waals surface area (Å²) in [6.45, 7) is 0.512. The normalized spacial score (nSPS) is 14.1. The lowest BCUT2D eigenvalue weighted by Gasteiger charge is -2.21. The molecule has 5 heteroatoms. The SMILES string of the molecule is OCc1c(O)c(Cl)cc2c1OCCO2. The van der Waals surface area contributed by atoms with E-state index >= 15 is 0 Å². The summed E-state index contributed by atoms with van der Waals surface area (Å²) in [5, 5.41) is 18.7. The highest BCUT2D eigenvalue weighted by molar-refractivity contribution is 6.32. The molecular formula is C9H9ClO4. The molecule has 2 rings (SSSR count). The summed E-state index contributed by atoms with van der Waals surface area (Å²) in [5.74, 6) is 0.683. The molecule has 0 bridgehead atoms. The van der Waals surface area contributed by atoms with Crippen LogP contribution in [0.25, 0.3) is 0 Å². The molecule has 1 heterocycles. The maximum absolute atomic E-state index is 9.53. The molecule has 14 heavy (non-hydrogen) atoms. The lowest BCUT2D eigenvalue weighted by atomic mass is 10.1. The van der Waals surface area contributed by atoms with Gasteiger partial charge in [0.2, 0.25) is 0 Å². The fourth-order valence-corrected chi connectivity index (χ4v) is 1.57. The largest absolute Gasteiger partial charge is 0.506 e. The number of phenols is 1. The summed E-state index contributed by atoms with van der Waals surface area (Å²) in [4.78, 5) is 0. The summed E-state index contributed by atoms with van der Waals surface area (Å²) < 4.78 is 10.5. The second kappa shape index (κ2) is 3.55. The average Bonchev–Trinajstić information content (AvgIpc) is 2.20. The first-order chi connectivity index (χ1) is 6.74. The Bertz CT molecular complexity index is 364. The van der Waals surface area contributed by atoms with Gasteiger partial charge >= 0.3 is 0 Å². The molecule has 0 aliphatic carbocycles. The fraction of sp³-hybridized carbons (Fsp3) is 0.333. The van der Waals surface area contributed by atoms with Gasteiger partial charge in [-0.15, -0.1) is 0 Å². The van der Waals surface area contributed by atoms with Crippen LogP contribution in [-0.4, -0.2) is 23.4 Å². The molecule has 0 aromatic heterocycles.